The predicted molar refractivity (Wildman–Crippen MR) is 78.4 cm³/mol. The fourth-order valence-corrected chi connectivity index (χ4v) is 2.01. The summed E-state index contributed by atoms with van der Waals surface area (Å²) < 4.78 is 13.2. The number of nitriles is 1. The van der Waals surface area contributed by atoms with Crippen LogP contribution in [0, 0.1) is 17.1 Å². The lowest BCUT2D eigenvalue weighted by molar-refractivity contribution is 0.100. The molecule has 0 aliphatic heterocycles. The summed E-state index contributed by atoms with van der Waals surface area (Å²) >= 11 is 6.06. The molecule has 0 atom stereocenters. The van der Waals surface area contributed by atoms with Crippen LogP contribution in [0.3, 0.4) is 0 Å². The third-order valence-corrected chi connectivity index (χ3v) is 3.26. The second-order valence-electron chi connectivity index (χ2n) is 4.33. The summed E-state index contributed by atoms with van der Waals surface area (Å²) in [5, 5.41) is 12.2. The maximum absolute atomic E-state index is 13.2. The highest BCUT2D eigenvalue weighted by molar-refractivity contribution is 6.31. The zero-order valence-corrected chi connectivity index (χ0v) is 11.6. The molecule has 0 unspecified atom stereocenters. The Morgan fingerprint density at radius 2 is 2.10 bits per heavy atom. The maximum atomic E-state index is 13.2. The first-order valence-electron chi connectivity index (χ1n) is 6.03. The number of nitrogens with zero attached hydrogens (tertiary/aromatic N) is 1. The van der Waals surface area contributed by atoms with Gasteiger partial charge in [0.15, 0.2) is 0 Å². The Morgan fingerprint density at radius 3 is 2.71 bits per heavy atom. The Bertz CT molecular complexity index is 740. The van der Waals surface area contributed by atoms with Crippen LogP contribution in [-0.4, -0.2) is 5.91 Å². The van der Waals surface area contributed by atoms with Gasteiger partial charge in [-0.25, -0.2) is 4.39 Å². The molecule has 4 nitrogen and oxygen atoms in total. The minimum absolute atomic E-state index is 0.0322. The van der Waals surface area contributed by atoms with Crippen molar-refractivity contribution in [3.63, 3.8) is 0 Å². The van der Waals surface area contributed by atoms with Gasteiger partial charge in [-0.3, -0.25) is 4.79 Å². The van der Waals surface area contributed by atoms with Gasteiger partial charge in [0, 0.05) is 22.8 Å². The normalized spacial score (nSPS) is 9.95. The number of carbonyl (C=O) groups excluding carboxylic acids is 1. The van der Waals surface area contributed by atoms with Gasteiger partial charge in [0.1, 0.15) is 11.9 Å². The van der Waals surface area contributed by atoms with E-state index in [-0.39, 0.29) is 5.56 Å². The highest BCUT2D eigenvalue weighted by Crippen LogP contribution is 2.20. The number of carbonyl (C=O) groups is 1. The zero-order valence-electron chi connectivity index (χ0n) is 10.9. The number of benzene rings is 2. The van der Waals surface area contributed by atoms with Crippen molar-refractivity contribution >= 4 is 23.2 Å². The van der Waals surface area contributed by atoms with Gasteiger partial charge in [0.25, 0.3) is 0 Å². The van der Waals surface area contributed by atoms with Crippen LogP contribution in [0.1, 0.15) is 21.5 Å². The van der Waals surface area contributed by atoms with Crippen molar-refractivity contribution in [3.8, 4) is 6.07 Å². The second-order valence-corrected chi connectivity index (χ2v) is 4.74. The molecular weight excluding hydrogens is 293 g/mol. The minimum atomic E-state index is -0.563. The highest BCUT2D eigenvalue weighted by atomic mass is 35.5. The fourth-order valence-electron chi connectivity index (χ4n) is 1.76. The number of halogens is 2. The van der Waals surface area contributed by atoms with Crippen molar-refractivity contribution in [3.05, 3.63) is 63.9 Å². The minimum Gasteiger partial charge on any atom is -0.381 e. The Labute approximate surface area is 125 Å². The smallest absolute Gasteiger partial charge is 0.248 e. The Balaban J connectivity index is 2.13. The monoisotopic (exact) mass is 303 g/mol. The first-order chi connectivity index (χ1) is 10.0. The quantitative estimate of drug-likeness (QED) is 0.911. The molecule has 0 aromatic heterocycles. The van der Waals surface area contributed by atoms with Gasteiger partial charge >= 0.3 is 0 Å². The molecule has 106 valence electrons. The molecule has 2 aromatic carbocycles. The number of amides is 1. The molecule has 0 spiro atoms. The number of nitrogens with two attached hydrogens (primary N) is 1. The van der Waals surface area contributed by atoms with Crippen LogP contribution < -0.4 is 11.1 Å². The summed E-state index contributed by atoms with van der Waals surface area (Å²) in [5.41, 5.74) is 6.82. The Hall–Kier alpha value is -2.58. The van der Waals surface area contributed by atoms with Crippen molar-refractivity contribution in [2.24, 2.45) is 5.73 Å². The SMILES string of the molecule is N#Cc1cc(NCc2ccc(C(N)=O)cc2Cl)ccc1F. The average Bonchev–Trinajstić information content (AvgIpc) is 2.47. The van der Waals surface area contributed by atoms with Crippen molar-refractivity contribution in [1.29, 1.82) is 5.26 Å². The van der Waals surface area contributed by atoms with Crippen LogP contribution in [0.5, 0.6) is 0 Å². The molecule has 0 heterocycles. The van der Waals surface area contributed by atoms with E-state index in [2.05, 4.69) is 5.32 Å². The van der Waals surface area contributed by atoms with Gasteiger partial charge < -0.3 is 11.1 Å². The number of anilines is 1. The fraction of sp³-hybridized carbons (Fsp3) is 0.0667. The van der Waals surface area contributed by atoms with Crippen molar-refractivity contribution in [1.82, 2.24) is 0 Å². The number of nitrogens with one attached hydrogen (secondary N) is 1. The zero-order chi connectivity index (χ0) is 15.4. The van der Waals surface area contributed by atoms with Crippen molar-refractivity contribution < 1.29 is 9.18 Å². The summed E-state index contributed by atoms with van der Waals surface area (Å²) in [6, 6.07) is 10.7. The molecule has 0 saturated heterocycles. The first kappa shape index (κ1) is 14.8. The molecule has 2 aromatic rings. The van der Waals surface area contributed by atoms with E-state index in [0.717, 1.165) is 5.56 Å². The topological polar surface area (TPSA) is 78.9 Å². The van der Waals surface area contributed by atoms with Crippen molar-refractivity contribution in [2.45, 2.75) is 6.54 Å². The second kappa shape index (κ2) is 6.25. The third kappa shape index (κ3) is 3.50. The van der Waals surface area contributed by atoms with Crippen LogP contribution in [0.25, 0.3) is 0 Å². The van der Waals surface area contributed by atoms with Gasteiger partial charge in [-0.2, -0.15) is 5.26 Å². The van der Waals surface area contributed by atoms with Gasteiger partial charge in [0.2, 0.25) is 5.91 Å². The molecule has 3 N–H and O–H groups in total. The Morgan fingerprint density at radius 1 is 1.33 bits per heavy atom. The molecular formula is C15H11ClFN3O. The number of hydrogen-bond acceptors (Lipinski definition) is 3. The lowest BCUT2D eigenvalue weighted by atomic mass is 10.1. The summed E-state index contributed by atoms with van der Waals surface area (Å²) in [6.45, 7) is 0.369. The third-order valence-electron chi connectivity index (χ3n) is 2.91. The highest BCUT2D eigenvalue weighted by Gasteiger charge is 2.07. The largest absolute Gasteiger partial charge is 0.381 e. The average molecular weight is 304 g/mol. The van der Waals surface area contributed by atoms with Crippen LogP contribution >= 0.6 is 11.6 Å². The number of primary amides is 1. The van der Waals surface area contributed by atoms with Crippen molar-refractivity contribution in [2.75, 3.05) is 5.32 Å². The molecule has 0 aliphatic rings. The summed E-state index contributed by atoms with van der Waals surface area (Å²) in [6.07, 6.45) is 0. The van der Waals surface area contributed by atoms with Gasteiger partial charge in [-0.15, -0.1) is 0 Å². The van der Waals surface area contributed by atoms with E-state index in [1.807, 2.05) is 0 Å². The van der Waals surface area contributed by atoms with E-state index < -0.39 is 11.7 Å². The maximum Gasteiger partial charge on any atom is 0.248 e. The summed E-state index contributed by atoms with van der Waals surface area (Å²) in [7, 11) is 0. The van der Waals surface area contributed by atoms with E-state index in [4.69, 9.17) is 22.6 Å². The standard InChI is InChI=1S/C15H11ClFN3O/c16-13-6-9(15(19)21)1-2-10(13)8-20-12-3-4-14(17)11(5-12)7-18/h1-6,20H,8H2,(H2,19,21). The molecule has 21 heavy (non-hydrogen) atoms. The lowest BCUT2D eigenvalue weighted by Gasteiger charge is -2.09. The Kier molecular flexibility index (Phi) is 4.41. The van der Waals surface area contributed by atoms with E-state index in [1.165, 1.54) is 24.3 Å². The van der Waals surface area contributed by atoms with E-state index in [0.29, 0.717) is 22.8 Å². The predicted octanol–water partition coefficient (Wildman–Crippen LogP) is 3.06. The summed E-state index contributed by atoms with van der Waals surface area (Å²) in [4.78, 5) is 11.0. The molecule has 0 radical (unpaired) electrons. The van der Waals surface area contributed by atoms with Crippen LogP contribution in [0.4, 0.5) is 10.1 Å². The van der Waals surface area contributed by atoms with Crippen LogP contribution in [-0.2, 0) is 6.54 Å². The molecule has 0 saturated carbocycles. The molecule has 6 heteroatoms. The first-order valence-corrected chi connectivity index (χ1v) is 6.41. The molecule has 2 rings (SSSR count). The van der Waals surface area contributed by atoms with E-state index >= 15 is 0 Å². The van der Waals surface area contributed by atoms with Gasteiger partial charge in [-0.05, 0) is 35.9 Å². The molecule has 0 fully saturated rings. The molecule has 0 bridgehead atoms. The molecule has 0 aliphatic carbocycles. The molecule has 1 amide bonds. The van der Waals surface area contributed by atoms with E-state index in [9.17, 15) is 9.18 Å². The number of hydrogen-bond donors (Lipinski definition) is 2. The van der Waals surface area contributed by atoms with Gasteiger partial charge in [-0.1, -0.05) is 17.7 Å². The van der Waals surface area contributed by atoms with Crippen LogP contribution in [0.2, 0.25) is 5.02 Å². The van der Waals surface area contributed by atoms with Gasteiger partial charge in [0.05, 0.1) is 5.56 Å². The number of rotatable bonds is 4. The van der Waals surface area contributed by atoms with Crippen LogP contribution in [0.15, 0.2) is 36.4 Å². The lowest BCUT2D eigenvalue weighted by Crippen LogP contribution is -2.11. The summed E-state index contributed by atoms with van der Waals surface area (Å²) in [5.74, 6) is -1.11. The van der Waals surface area contributed by atoms with E-state index in [1.54, 1.807) is 18.2 Å².